The van der Waals surface area contributed by atoms with Gasteiger partial charge in [0.15, 0.2) is 5.78 Å². The van der Waals surface area contributed by atoms with Crippen LogP contribution in [0.3, 0.4) is 0 Å². The quantitative estimate of drug-likeness (QED) is 0.561. The molecule has 0 heterocycles. The Morgan fingerprint density at radius 2 is 1.86 bits per heavy atom. The van der Waals surface area contributed by atoms with Gasteiger partial charge in [-0.3, -0.25) is 9.59 Å². The van der Waals surface area contributed by atoms with Crippen LogP contribution < -0.4 is 0 Å². The number of hydrogen-bond donors (Lipinski definition) is 0. The molecular weight excluding hydrogens is 466 g/mol. The summed E-state index contributed by atoms with van der Waals surface area (Å²) in [6.07, 6.45) is 0. The summed E-state index contributed by atoms with van der Waals surface area (Å²) in [5.41, 5.74) is 1.74. The van der Waals surface area contributed by atoms with E-state index in [1.54, 1.807) is 38.1 Å². The van der Waals surface area contributed by atoms with Crippen LogP contribution in [-0.2, 0) is 4.79 Å². The van der Waals surface area contributed by atoms with Crippen molar-refractivity contribution in [2.24, 2.45) is 4.99 Å². The maximum atomic E-state index is 12.3. The van der Waals surface area contributed by atoms with Gasteiger partial charge in [0.05, 0.1) is 15.0 Å². The van der Waals surface area contributed by atoms with E-state index in [2.05, 4.69) is 52.8 Å². The lowest BCUT2D eigenvalue weighted by Gasteiger charge is -2.33. The largest absolute Gasteiger partial charge is 0.292 e. The number of halogens is 3. The summed E-state index contributed by atoms with van der Waals surface area (Å²) in [5, 5.41) is 0. The third-order valence-corrected chi connectivity index (χ3v) is 7.05. The topological polar surface area (TPSA) is 46.5 Å². The van der Waals surface area contributed by atoms with Crippen LogP contribution in [0, 0.1) is 0 Å². The average molecular weight is 478 g/mol. The van der Waals surface area contributed by atoms with Crippen LogP contribution in [0.25, 0.3) is 0 Å². The van der Waals surface area contributed by atoms with E-state index in [0.717, 1.165) is 0 Å². The van der Waals surface area contributed by atoms with E-state index in [4.69, 9.17) is 0 Å². The Bertz CT molecular complexity index is 663. The number of amides is 1. The van der Waals surface area contributed by atoms with E-state index >= 15 is 0 Å². The number of rotatable bonds is 1. The average Bonchev–Trinajstić information content (AvgIpc) is 2.49. The first-order valence-electron chi connectivity index (χ1n) is 6.19. The predicted octanol–water partition coefficient (Wildman–Crippen LogP) is 4.44. The molecule has 1 aromatic rings. The molecule has 0 N–H and O–H groups in total. The number of alkyl halides is 2. The molecule has 110 valence electrons. The van der Waals surface area contributed by atoms with Crippen molar-refractivity contribution in [1.82, 2.24) is 0 Å². The molecule has 1 aliphatic carbocycles. The predicted molar refractivity (Wildman–Crippen MR) is 94.9 cm³/mol. The molecule has 1 aliphatic rings. The highest BCUT2D eigenvalue weighted by atomic mass is 79.9. The second-order valence-corrected chi connectivity index (χ2v) is 8.23. The number of carbonyl (C=O) groups is 2. The maximum absolute atomic E-state index is 12.3. The first kappa shape index (κ1) is 16.8. The zero-order valence-electron chi connectivity index (χ0n) is 11.4. The van der Waals surface area contributed by atoms with Gasteiger partial charge in [0, 0.05) is 5.56 Å². The molecule has 3 nitrogen and oxygen atoms in total. The lowest BCUT2D eigenvalue weighted by molar-refractivity contribution is -0.116. The van der Waals surface area contributed by atoms with Crippen LogP contribution in [0.1, 0.15) is 24.2 Å². The van der Waals surface area contributed by atoms with Crippen molar-refractivity contribution >= 4 is 65.2 Å². The van der Waals surface area contributed by atoms with Crippen LogP contribution in [0.5, 0.6) is 0 Å². The molecule has 0 saturated heterocycles. The highest BCUT2D eigenvalue weighted by Crippen LogP contribution is 2.40. The highest BCUT2D eigenvalue weighted by Gasteiger charge is 2.46. The smallest absolute Gasteiger partial charge is 0.277 e. The summed E-state index contributed by atoms with van der Waals surface area (Å²) in [4.78, 5) is 28.3. The van der Waals surface area contributed by atoms with Crippen molar-refractivity contribution in [3.8, 4) is 0 Å². The Labute approximate surface area is 148 Å². The molecule has 0 spiro atoms. The van der Waals surface area contributed by atoms with Gasteiger partial charge in [0.2, 0.25) is 0 Å². The van der Waals surface area contributed by atoms with Gasteiger partial charge in [0.1, 0.15) is 4.32 Å². The van der Waals surface area contributed by atoms with Gasteiger partial charge in [0.25, 0.3) is 5.91 Å². The van der Waals surface area contributed by atoms with Gasteiger partial charge in [-0.2, -0.15) is 0 Å². The number of hydrogen-bond acceptors (Lipinski definition) is 2. The molecule has 1 amide bonds. The first-order chi connectivity index (χ1) is 9.76. The number of nitrogens with zero attached hydrogens (tertiary/aromatic N) is 1. The van der Waals surface area contributed by atoms with Crippen LogP contribution >= 0.6 is 47.8 Å². The van der Waals surface area contributed by atoms with Gasteiger partial charge in [-0.25, -0.2) is 4.99 Å². The molecule has 0 unspecified atom stereocenters. The molecule has 0 bridgehead atoms. The number of benzene rings is 1. The fraction of sp³-hybridized carbons (Fsp3) is 0.267. The SMILES string of the molecule is CC1=C(Br)C(=O)[C@@](C)(Br)[C@@H](Br)C1=NC(=O)c1ccccc1. The molecule has 21 heavy (non-hydrogen) atoms. The Balaban J connectivity index is 2.49. The van der Waals surface area contributed by atoms with E-state index < -0.39 is 4.32 Å². The van der Waals surface area contributed by atoms with Crippen molar-refractivity contribution in [1.29, 1.82) is 0 Å². The standard InChI is InChI=1S/C15H12Br3NO2/c1-8-10(16)13(20)15(2,18)12(17)11(8)19-14(21)9-6-4-3-5-7-9/h3-7,12H,1-2H3/t12-,15-/m0/s1. The third-order valence-electron chi connectivity index (χ3n) is 3.32. The van der Waals surface area contributed by atoms with E-state index in [1.165, 1.54) is 0 Å². The van der Waals surface area contributed by atoms with Crippen LogP contribution in [0.15, 0.2) is 45.4 Å². The summed E-state index contributed by atoms with van der Waals surface area (Å²) in [7, 11) is 0. The molecule has 0 saturated carbocycles. The molecule has 2 atom stereocenters. The van der Waals surface area contributed by atoms with Crippen molar-refractivity contribution in [3.63, 3.8) is 0 Å². The summed E-state index contributed by atoms with van der Waals surface area (Å²) in [6, 6.07) is 8.84. The van der Waals surface area contributed by atoms with E-state index in [9.17, 15) is 9.59 Å². The van der Waals surface area contributed by atoms with Crippen LogP contribution in [0.2, 0.25) is 0 Å². The fourth-order valence-corrected chi connectivity index (χ4v) is 3.90. The Morgan fingerprint density at radius 1 is 1.29 bits per heavy atom. The summed E-state index contributed by atoms with van der Waals surface area (Å²) >= 11 is 10.2. The highest BCUT2D eigenvalue weighted by molar-refractivity contribution is 9.13. The summed E-state index contributed by atoms with van der Waals surface area (Å²) < 4.78 is -0.404. The third kappa shape index (κ3) is 3.12. The molecule has 0 aliphatic heterocycles. The minimum absolute atomic E-state index is 0.0759. The van der Waals surface area contributed by atoms with Gasteiger partial charge >= 0.3 is 0 Å². The zero-order valence-corrected chi connectivity index (χ0v) is 16.1. The van der Waals surface area contributed by atoms with Crippen molar-refractivity contribution in [2.75, 3.05) is 0 Å². The molecule has 2 rings (SSSR count). The minimum atomic E-state index is -0.846. The molecular formula is C15H12Br3NO2. The zero-order chi connectivity index (χ0) is 15.8. The van der Waals surface area contributed by atoms with Crippen molar-refractivity contribution in [2.45, 2.75) is 23.0 Å². The summed E-state index contributed by atoms with van der Waals surface area (Å²) in [5.74, 6) is -0.402. The number of allylic oxidation sites excluding steroid dienone is 2. The monoisotopic (exact) mass is 475 g/mol. The number of carbonyl (C=O) groups excluding carboxylic acids is 2. The maximum Gasteiger partial charge on any atom is 0.277 e. The molecule has 6 heteroatoms. The van der Waals surface area contributed by atoms with Gasteiger partial charge in [-0.15, -0.1) is 0 Å². The van der Waals surface area contributed by atoms with Crippen molar-refractivity contribution < 1.29 is 9.59 Å². The Kier molecular flexibility index (Phi) is 5.00. The molecule has 0 aromatic heterocycles. The van der Waals surface area contributed by atoms with Crippen molar-refractivity contribution in [3.05, 3.63) is 46.0 Å². The normalized spacial score (nSPS) is 28.1. The lowest BCUT2D eigenvalue weighted by atomic mass is 9.88. The molecule has 0 radical (unpaired) electrons. The first-order valence-corrected chi connectivity index (χ1v) is 8.69. The Morgan fingerprint density at radius 3 is 2.43 bits per heavy atom. The summed E-state index contributed by atoms with van der Waals surface area (Å²) in [6.45, 7) is 3.53. The van der Waals surface area contributed by atoms with E-state index in [0.29, 0.717) is 21.3 Å². The Hall–Kier alpha value is -0.590. The second-order valence-electron chi connectivity index (χ2n) is 4.87. The second kappa shape index (κ2) is 6.26. The minimum Gasteiger partial charge on any atom is -0.292 e. The lowest BCUT2D eigenvalue weighted by Crippen LogP contribution is -2.47. The number of ketones is 1. The molecule has 1 aromatic carbocycles. The fourth-order valence-electron chi connectivity index (χ4n) is 1.95. The van der Waals surface area contributed by atoms with E-state index in [-0.39, 0.29) is 16.5 Å². The van der Waals surface area contributed by atoms with Gasteiger partial charge in [-0.1, -0.05) is 50.1 Å². The number of Topliss-reactive ketones (excluding diaryl/α,β-unsaturated/α-hetero) is 1. The van der Waals surface area contributed by atoms with E-state index in [1.807, 2.05) is 6.07 Å². The van der Waals surface area contributed by atoms with Crippen LogP contribution in [0.4, 0.5) is 0 Å². The molecule has 0 fully saturated rings. The van der Waals surface area contributed by atoms with Crippen LogP contribution in [-0.4, -0.2) is 26.6 Å². The number of aliphatic imine (C=N–C) groups is 1. The van der Waals surface area contributed by atoms with Gasteiger partial charge in [-0.05, 0) is 47.5 Å². The van der Waals surface area contributed by atoms with Gasteiger partial charge < -0.3 is 0 Å².